The molecule has 35 heavy (non-hydrogen) atoms. The summed E-state index contributed by atoms with van der Waals surface area (Å²) in [7, 11) is 3.23. The van der Waals surface area contributed by atoms with Gasteiger partial charge in [-0.2, -0.15) is 0 Å². The van der Waals surface area contributed by atoms with Crippen LogP contribution in [0.5, 0.6) is 17.2 Å². The smallest absolute Gasteiger partial charge is 0.244 e. The molecule has 2 aromatic heterocycles. The van der Waals surface area contributed by atoms with E-state index in [0.29, 0.717) is 30.4 Å². The summed E-state index contributed by atoms with van der Waals surface area (Å²) in [6, 6.07) is 11.8. The van der Waals surface area contributed by atoms with Crippen LogP contribution in [0.25, 0.3) is 27.7 Å². The van der Waals surface area contributed by atoms with Crippen LogP contribution in [0.1, 0.15) is 29.9 Å². The number of benzene rings is 2. The molecule has 2 aromatic carbocycles. The van der Waals surface area contributed by atoms with Gasteiger partial charge in [-0.1, -0.05) is 12.1 Å². The Morgan fingerprint density at radius 3 is 2.63 bits per heavy atom. The normalized spacial score (nSPS) is 11.5. The Kier molecular flexibility index (Phi) is 7.46. The van der Waals surface area contributed by atoms with Crippen LogP contribution in [0.3, 0.4) is 0 Å². The van der Waals surface area contributed by atoms with E-state index in [1.807, 2.05) is 62.5 Å². The van der Waals surface area contributed by atoms with E-state index in [1.54, 1.807) is 37.9 Å². The molecule has 182 valence electrons. The molecule has 0 atom stereocenters. The average molecular weight is 492 g/mol. The van der Waals surface area contributed by atoms with Crippen molar-refractivity contribution in [3.05, 3.63) is 70.1 Å². The monoisotopic (exact) mass is 491 g/mol. The van der Waals surface area contributed by atoms with Crippen molar-refractivity contribution >= 4 is 33.8 Å². The molecule has 0 radical (unpaired) electrons. The highest BCUT2D eigenvalue weighted by Crippen LogP contribution is 2.42. The summed E-state index contributed by atoms with van der Waals surface area (Å²) in [5, 5.41) is 5.88. The Labute approximate surface area is 209 Å². The van der Waals surface area contributed by atoms with Gasteiger partial charge in [-0.15, -0.1) is 11.3 Å². The SMILES string of the molecule is CCOc1c(/C(C)=C/C(=O)NCc2cccs2)cc2c(-c3ccc(OC)c(OC)c3)coc2c1C. The molecule has 0 saturated heterocycles. The number of carbonyl (C=O) groups is 1. The fourth-order valence-corrected chi connectivity index (χ4v) is 4.72. The minimum Gasteiger partial charge on any atom is -0.493 e. The number of nitrogens with one attached hydrogen (secondary N) is 1. The predicted octanol–water partition coefficient (Wildman–Crippen LogP) is 6.61. The molecule has 0 spiro atoms. The number of ether oxygens (including phenoxy) is 3. The van der Waals surface area contributed by atoms with Gasteiger partial charge in [0.1, 0.15) is 11.3 Å². The number of thiophene rings is 1. The highest BCUT2D eigenvalue weighted by molar-refractivity contribution is 7.09. The lowest BCUT2D eigenvalue weighted by atomic mass is 9.96. The Morgan fingerprint density at radius 1 is 1.14 bits per heavy atom. The number of fused-ring (bicyclic) bond motifs is 1. The zero-order valence-corrected chi connectivity index (χ0v) is 21.4. The summed E-state index contributed by atoms with van der Waals surface area (Å²) in [5.74, 6) is 1.86. The average Bonchev–Trinajstić information content (AvgIpc) is 3.54. The van der Waals surface area contributed by atoms with E-state index in [4.69, 9.17) is 18.6 Å². The van der Waals surface area contributed by atoms with E-state index in [0.717, 1.165) is 43.7 Å². The quantitative estimate of drug-likeness (QED) is 0.267. The Hall–Kier alpha value is -3.71. The Bertz CT molecular complexity index is 1370. The van der Waals surface area contributed by atoms with Crippen molar-refractivity contribution in [2.45, 2.75) is 27.3 Å². The van der Waals surface area contributed by atoms with Gasteiger partial charge in [0.05, 0.1) is 33.6 Å². The zero-order valence-electron chi connectivity index (χ0n) is 20.6. The molecule has 1 N–H and O–H groups in total. The molecule has 0 aliphatic heterocycles. The van der Waals surface area contributed by atoms with Crippen molar-refractivity contribution in [3.63, 3.8) is 0 Å². The fourth-order valence-electron chi connectivity index (χ4n) is 4.08. The molecule has 2 heterocycles. The highest BCUT2D eigenvalue weighted by Gasteiger charge is 2.20. The maximum absolute atomic E-state index is 12.6. The second-order valence-electron chi connectivity index (χ2n) is 8.03. The van der Waals surface area contributed by atoms with E-state index in [1.165, 1.54) is 0 Å². The first kappa shape index (κ1) is 24.4. The number of carbonyl (C=O) groups excluding carboxylic acids is 1. The maximum atomic E-state index is 12.6. The van der Waals surface area contributed by atoms with Gasteiger partial charge in [-0.3, -0.25) is 4.79 Å². The third-order valence-corrected chi connectivity index (χ3v) is 6.69. The summed E-state index contributed by atoms with van der Waals surface area (Å²) in [6.45, 7) is 6.84. The van der Waals surface area contributed by atoms with E-state index >= 15 is 0 Å². The number of rotatable bonds is 9. The first-order chi connectivity index (χ1) is 17.0. The van der Waals surface area contributed by atoms with Crippen LogP contribution in [0, 0.1) is 6.92 Å². The fraction of sp³-hybridized carbons (Fsp3) is 0.250. The van der Waals surface area contributed by atoms with E-state index < -0.39 is 0 Å². The van der Waals surface area contributed by atoms with Gasteiger partial charge in [0.15, 0.2) is 11.5 Å². The van der Waals surface area contributed by atoms with E-state index in [2.05, 4.69) is 5.32 Å². The second-order valence-corrected chi connectivity index (χ2v) is 9.06. The molecule has 4 rings (SSSR count). The van der Waals surface area contributed by atoms with Crippen LogP contribution in [-0.2, 0) is 11.3 Å². The van der Waals surface area contributed by atoms with Crippen LogP contribution >= 0.6 is 11.3 Å². The lowest BCUT2D eigenvalue weighted by Gasteiger charge is -2.15. The van der Waals surface area contributed by atoms with Crippen molar-refractivity contribution in [2.75, 3.05) is 20.8 Å². The van der Waals surface area contributed by atoms with Gasteiger partial charge in [-0.25, -0.2) is 0 Å². The third kappa shape index (κ3) is 5.05. The predicted molar refractivity (Wildman–Crippen MR) is 140 cm³/mol. The number of allylic oxidation sites excluding steroid dienone is 1. The van der Waals surface area contributed by atoms with Crippen LogP contribution in [0.4, 0.5) is 0 Å². The molecule has 0 bridgehead atoms. The molecule has 0 aliphatic rings. The van der Waals surface area contributed by atoms with Crippen molar-refractivity contribution in [1.82, 2.24) is 5.32 Å². The second kappa shape index (κ2) is 10.7. The largest absolute Gasteiger partial charge is 0.493 e. The maximum Gasteiger partial charge on any atom is 0.244 e. The number of aryl methyl sites for hydroxylation is 1. The van der Waals surface area contributed by atoms with Crippen LogP contribution in [0.15, 0.2) is 58.5 Å². The van der Waals surface area contributed by atoms with Crippen molar-refractivity contribution in [2.24, 2.45) is 0 Å². The van der Waals surface area contributed by atoms with Crippen LogP contribution < -0.4 is 19.5 Å². The molecule has 1 amide bonds. The first-order valence-electron chi connectivity index (χ1n) is 11.4. The van der Waals surface area contributed by atoms with Gasteiger partial charge in [0, 0.05) is 33.0 Å². The molecule has 0 fully saturated rings. The van der Waals surface area contributed by atoms with Crippen LogP contribution in [0.2, 0.25) is 0 Å². The molecule has 4 aromatic rings. The molecule has 7 heteroatoms. The molecular formula is C28H29NO5S. The molecular weight excluding hydrogens is 462 g/mol. The van der Waals surface area contributed by atoms with Gasteiger partial charge >= 0.3 is 0 Å². The lowest BCUT2D eigenvalue weighted by Crippen LogP contribution is -2.20. The lowest BCUT2D eigenvalue weighted by molar-refractivity contribution is -0.116. The number of methoxy groups -OCH3 is 2. The summed E-state index contributed by atoms with van der Waals surface area (Å²) in [4.78, 5) is 13.7. The number of amides is 1. The van der Waals surface area contributed by atoms with Crippen molar-refractivity contribution in [3.8, 4) is 28.4 Å². The Morgan fingerprint density at radius 2 is 1.94 bits per heavy atom. The minimum atomic E-state index is -0.150. The van der Waals surface area contributed by atoms with Crippen molar-refractivity contribution in [1.29, 1.82) is 0 Å². The van der Waals surface area contributed by atoms with Crippen LogP contribution in [-0.4, -0.2) is 26.7 Å². The summed E-state index contributed by atoms with van der Waals surface area (Å²) >= 11 is 1.62. The van der Waals surface area contributed by atoms with E-state index in [9.17, 15) is 4.79 Å². The highest BCUT2D eigenvalue weighted by atomic mass is 32.1. The summed E-state index contributed by atoms with van der Waals surface area (Å²) in [6.07, 6.45) is 3.36. The number of hydrogen-bond donors (Lipinski definition) is 1. The Balaban J connectivity index is 1.76. The van der Waals surface area contributed by atoms with Gasteiger partial charge in [0.2, 0.25) is 5.91 Å². The van der Waals surface area contributed by atoms with Gasteiger partial charge in [0.25, 0.3) is 0 Å². The standard InChI is InChI=1S/C28H29NO5S/c1-6-33-27-18(3)28-22(23(16-34-28)19-9-10-24(31-4)25(13-19)32-5)14-21(27)17(2)12-26(30)29-15-20-8-7-11-35-20/h7-14,16H,6,15H2,1-5H3,(H,29,30)/b17-12+. The topological polar surface area (TPSA) is 69.9 Å². The van der Waals surface area contributed by atoms with Gasteiger partial charge < -0.3 is 23.9 Å². The molecule has 0 unspecified atom stereocenters. The molecule has 0 saturated carbocycles. The van der Waals surface area contributed by atoms with Crippen molar-refractivity contribution < 1.29 is 23.4 Å². The van der Waals surface area contributed by atoms with Gasteiger partial charge in [-0.05, 0) is 61.6 Å². The first-order valence-corrected chi connectivity index (χ1v) is 12.2. The minimum absolute atomic E-state index is 0.150. The zero-order chi connectivity index (χ0) is 24.9. The number of furan rings is 1. The molecule has 0 aliphatic carbocycles. The third-order valence-electron chi connectivity index (χ3n) is 5.82. The molecule has 6 nitrogen and oxygen atoms in total. The summed E-state index contributed by atoms with van der Waals surface area (Å²) in [5.41, 5.74) is 5.15. The van der Waals surface area contributed by atoms with E-state index in [-0.39, 0.29) is 5.91 Å². The number of hydrogen-bond acceptors (Lipinski definition) is 6. The summed E-state index contributed by atoms with van der Waals surface area (Å²) < 4.78 is 22.9.